The standard InChI is InChI=1S/C25H18ClF4NO5/c1-2-34-24(33)19-13-31(22-12-20(26)21(27)11-18(22)23(19)32)14-3-5-15(6-4-14)35-16-7-9-17(10-8-16)36-25(28,29)30/h3-13,23,32H,2H2,1H3. The Morgan fingerprint density at radius 2 is 1.61 bits per heavy atom. The van der Waals surface area contributed by atoms with Crippen LogP contribution >= 0.6 is 11.6 Å². The van der Waals surface area contributed by atoms with Gasteiger partial charge < -0.3 is 24.2 Å². The topological polar surface area (TPSA) is 68.2 Å². The van der Waals surface area contributed by atoms with Gasteiger partial charge >= 0.3 is 12.3 Å². The number of hydrogen-bond donors (Lipinski definition) is 1. The molecular formula is C25H18ClF4NO5. The van der Waals surface area contributed by atoms with E-state index in [9.17, 15) is 27.5 Å². The second kappa shape index (κ2) is 10.1. The lowest BCUT2D eigenvalue weighted by Gasteiger charge is -2.32. The molecule has 4 rings (SSSR count). The van der Waals surface area contributed by atoms with Crippen LogP contribution in [0.4, 0.5) is 28.9 Å². The molecule has 0 aromatic heterocycles. The molecule has 0 radical (unpaired) electrons. The Labute approximate surface area is 207 Å². The normalized spacial score (nSPS) is 15.1. The Kier molecular flexibility index (Phi) is 7.09. The summed E-state index contributed by atoms with van der Waals surface area (Å²) in [5.41, 5.74) is 0.918. The first-order valence-corrected chi connectivity index (χ1v) is 10.9. The van der Waals surface area contributed by atoms with Crippen LogP contribution in [0, 0.1) is 5.82 Å². The Hall–Kier alpha value is -3.76. The molecule has 0 amide bonds. The predicted octanol–water partition coefficient (Wildman–Crippen LogP) is 6.80. The zero-order valence-corrected chi connectivity index (χ0v) is 19.3. The number of anilines is 2. The molecule has 3 aromatic carbocycles. The maximum Gasteiger partial charge on any atom is 0.573 e. The summed E-state index contributed by atoms with van der Waals surface area (Å²) >= 11 is 5.97. The molecule has 1 atom stereocenters. The Bertz CT molecular complexity index is 1290. The van der Waals surface area contributed by atoms with Crippen molar-refractivity contribution in [1.82, 2.24) is 0 Å². The van der Waals surface area contributed by atoms with Crippen LogP contribution in [-0.4, -0.2) is 24.0 Å². The lowest BCUT2D eigenvalue weighted by Crippen LogP contribution is -2.25. The van der Waals surface area contributed by atoms with E-state index in [1.807, 2.05) is 0 Å². The average molecular weight is 524 g/mol. The molecule has 188 valence electrons. The van der Waals surface area contributed by atoms with Crippen LogP contribution < -0.4 is 14.4 Å². The van der Waals surface area contributed by atoms with Crippen molar-refractivity contribution >= 4 is 28.9 Å². The van der Waals surface area contributed by atoms with Crippen molar-refractivity contribution in [3.05, 3.63) is 88.8 Å². The molecular weight excluding hydrogens is 506 g/mol. The van der Waals surface area contributed by atoms with Crippen LogP contribution in [0.3, 0.4) is 0 Å². The fraction of sp³-hybridized carbons (Fsp3) is 0.160. The second-order valence-corrected chi connectivity index (χ2v) is 7.92. The molecule has 1 aliphatic heterocycles. The fourth-order valence-corrected chi connectivity index (χ4v) is 3.70. The first kappa shape index (κ1) is 25.3. The minimum Gasteiger partial charge on any atom is -0.463 e. The van der Waals surface area contributed by atoms with E-state index in [4.69, 9.17) is 21.1 Å². The van der Waals surface area contributed by atoms with Crippen LogP contribution in [0.25, 0.3) is 0 Å². The van der Waals surface area contributed by atoms with Gasteiger partial charge in [-0.05, 0) is 67.6 Å². The number of nitrogens with zero attached hydrogens (tertiary/aromatic N) is 1. The summed E-state index contributed by atoms with van der Waals surface area (Å²) in [6.45, 7) is 1.70. The van der Waals surface area contributed by atoms with Gasteiger partial charge in [-0.15, -0.1) is 13.2 Å². The van der Waals surface area contributed by atoms with E-state index in [-0.39, 0.29) is 34.3 Å². The SMILES string of the molecule is CCOC(=O)C1=CN(c2ccc(Oc3ccc(OC(F)(F)F)cc3)cc2)c2cc(Cl)c(F)cc2C1O. The van der Waals surface area contributed by atoms with Gasteiger partial charge in [0.2, 0.25) is 0 Å². The highest BCUT2D eigenvalue weighted by Crippen LogP contribution is 2.43. The number of alkyl halides is 3. The highest BCUT2D eigenvalue weighted by atomic mass is 35.5. The molecule has 0 fully saturated rings. The lowest BCUT2D eigenvalue weighted by atomic mass is 9.95. The Morgan fingerprint density at radius 1 is 1.03 bits per heavy atom. The molecule has 36 heavy (non-hydrogen) atoms. The molecule has 0 saturated carbocycles. The van der Waals surface area contributed by atoms with Gasteiger partial charge in [0, 0.05) is 17.5 Å². The Balaban J connectivity index is 1.61. The molecule has 1 heterocycles. The van der Waals surface area contributed by atoms with Gasteiger partial charge in [-0.25, -0.2) is 9.18 Å². The van der Waals surface area contributed by atoms with Gasteiger partial charge in [0.25, 0.3) is 0 Å². The first-order valence-electron chi connectivity index (χ1n) is 10.5. The smallest absolute Gasteiger partial charge is 0.463 e. The highest BCUT2D eigenvalue weighted by molar-refractivity contribution is 6.31. The molecule has 11 heteroatoms. The van der Waals surface area contributed by atoms with Gasteiger partial charge in [-0.2, -0.15) is 0 Å². The summed E-state index contributed by atoms with van der Waals surface area (Å²) in [6, 6.07) is 13.7. The summed E-state index contributed by atoms with van der Waals surface area (Å²) in [5, 5.41) is 10.5. The van der Waals surface area contributed by atoms with Gasteiger partial charge in [-0.3, -0.25) is 0 Å². The predicted molar refractivity (Wildman–Crippen MR) is 123 cm³/mol. The number of carbonyl (C=O) groups is 1. The van der Waals surface area contributed by atoms with E-state index < -0.39 is 24.3 Å². The van der Waals surface area contributed by atoms with Crippen molar-refractivity contribution in [2.45, 2.75) is 19.4 Å². The summed E-state index contributed by atoms with van der Waals surface area (Å²) in [7, 11) is 0. The van der Waals surface area contributed by atoms with Crippen LogP contribution in [0.15, 0.2) is 72.4 Å². The Morgan fingerprint density at radius 3 is 2.19 bits per heavy atom. The monoisotopic (exact) mass is 523 g/mol. The van der Waals surface area contributed by atoms with Gasteiger partial charge in [0.15, 0.2) is 0 Å². The van der Waals surface area contributed by atoms with Crippen LogP contribution in [0.5, 0.6) is 17.2 Å². The average Bonchev–Trinajstić information content (AvgIpc) is 2.82. The first-order chi connectivity index (χ1) is 17.1. The molecule has 0 aliphatic carbocycles. The van der Waals surface area contributed by atoms with Gasteiger partial charge in [0.05, 0.1) is 22.9 Å². The molecule has 0 spiro atoms. The van der Waals surface area contributed by atoms with Crippen molar-refractivity contribution in [2.75, 3.05) is 11.5 Å². The summed E-state index contributed by atoms with van der Waals surface area (Å²) in [5.74, 6) is -1.25. The summed E-state index contributed by atoms with van der Waals surface area (Å²) < 4.78 is 65.6. The van der Waals surface area contributed by atoms with E-state index in [0.717, 1.165) is 18.2 Å². The number of halogens is 5. The number of carbonyl (C=O) groups excluding carboxylic acids is 1. The zero-order chi connectivity index (χ0) is 26.0. The van der Waals surface area contributed by atoms with Crippen molar-refractivity contribution in [2.24, 2.45) is 0 Å². The number of aliphatic hydroxyl groups is 1. The second-order valence-electron chi connectivity index (χ2n) is 7.52. The molecule has 6 nitrogen and oxygen atoms in total. The third-order valence-electron chi connectivity index (χ3n) is 5.11. The molecule has 0 bridgehead atoms. The summed E-state index contributed by atoms with van der Waals surface area (Å²) in [4.78, 5) is 14.0. The quantitative estimate of drug-likeness (QED) is 0.283. The van der Waals surface area contributed by atoms with Crippen LogP contribution in [0.1, 0.15) is 18.6 Å². The number of ether oxygens (including phenoxy) is 3. The van der Waals surface area contributed by atoms with Gasteiger partial charge in [-0.1, -0.05) is 11.6 Å². The van der Waals surface area contributed by atoms with Crippen molar-refractivity contribution in [3.63, 3.8) is 0 Å². The zero-order valence-electron chi connectivity index (χ0n) is 18.6. The molecule has 1 aliphatic rings. The summed E-state index contributed by atoms with van der Waals surface area (Å²) in [6.07, 6.45) is -4.83. The third-order valence-corrected chi connectivity index (χ3v) is 5.40. The van der Waals surface area contributed by atoms with Crippen molar-refractivity contribution in [3.8, 4) is 17.2 Å². The molecule has 1 N–H and O–H groups in total. The van der Waals surface area contributed by atoms with E-state index >= 15 is 0 Å². The van der Waals surface area contributed by atoms with Gasteiger partial charge in [0.1, 0.15) is 29.2 Å². The number of rotatable bonds is 6. The number of esters is 1. The maximum absolute atomic E-state index is 14.2. The minimum absolute atomic E-state index is 0.0834. The van der Waals surface area contributed by atoms with Crippen LogP contribution in [0.2, 0.25) is 5.02 Å². The van der Waals surface area contributed by atoms with E-state index in [1.165, 1.54) is 24.4 Å². The number of benzene rings is 3. The van der Waals surface area contributed by atoms with Crippen molar-refractivity contribution < 1.29 is 41.7 Å². The van der Waals surface area contributed by atoms with E-state index in [1.54, 1.807) is 36.1 Å². The van der Waals surface area contributed by atoms with E-state index in [0.29, 0.717) is 17.1 Å². The lowest BCUT2D eigenvalue weighted by molar-refractivity contribution is -0.274. The van der Waals surface area contributed by atoms with E-state index in [2.05, 4.69) is 4.74 Å². The molecule has 3 aromatic rings. The van der Waals surface area contributed by atoms with Crippen molar-refractivity contribution in [1.29, 1.82) is 0 Å². The molecule has 0 saturated heterocycles. The largest absolute Gasteiger partial charge is 0.573 e. The number of aliphatic hydroxyl groups excluding tert-OH is 1. The maximum atomic E-state index is 14.2. The van der Waals surface area contributed by atoms with Crippen LogP contribution in [-0.2, 0) is 9.53 Å². The number of hydrogen-bond acceptors (Lipinski definition) is 6. The third kappa shape index (κ3) is 5.55. The minimum atomic E-state index is -4.79. The molecule has 1 unspecified atom stereocenters. The highest BCUT2D eigenvalue weighted by Gasteiger charge is 2.33. The number of fused-ring (bicyclic) bond motifs is 1. The fourth-order valence-electron chi connectivity index (χ4n) is 3.54.